The summed E-state index contributed by atoms with van der Waals surface area (Å²) < 4.78 is 11.9. The lowest BCUT2D eigenvalue weighted by atomic mass is 9.98. The largest absolute Gasteiger partial charge is 0.348 e. The van der Waals surface area contributed by atoms with Crippen LogP contribution in [0, 0.1) is 0 Å². The van der Waals surface area contributed by atoms with Crippen LogP contribution in [0.15, 0.2) is 66.7 Å². The Bertz CT molecular complexity index is 915. The summed E-state index contributed by atoms with van der Waals surface area (Å²) in [5.41, 5.74) is 2.76. The van der Waals surface area contributed by atoms with Crippen LogP contribution in [0.2, 0.25) is 0 Å². The first kappa shape index (κ1) is 16.4. The van der Waals surface area contributed by atoms with Gasteiger partial charge in [0.25, 0.3) is 0 Å². The fraction of sp³-hybridized carbons (Fsp3) is 0.304. The van der Waals surface area contributed by atoms with Gasteiger partial charge in [-0.15, -0.1) is 0 Å². The van der Waals surface area contributed by atoms with Gasteiger partial charge >= 0.3 is 0 Å². The van der Waals surface area contributed by atoms with Gasteiger partial charge in [-0.3, -0.25) is 0 Å². The number of hydrogen-bond donors (Lipinski definition) is 0. The van der Waals surface area contributed by atoms with Gasteiger partial charge in [-0.1, -0.05) is 74.7 Å². The van der Waals surface area contributed by atoms with Crippen molar-refractivity contribution in [3.8, 4) is 11.1 Å². The zero-order valence-electron chi connectivity index (χ0n) is 14.9. The Morgan fingerprint density at radius 1 is 0.692 bits per heavy atom. The van der Waals surface area contributed by atoms with Gasteiger partial charge in [0.2, 0.25) is 0 Å². The van der Waals surface area contributed by atoms with E-state index in [4.69, 9.17) is 9.47 Å². The number of benzene rings is 3. The Kier molecular flexibility index (Phi) is 4.29. The van der Waals surface area contributed by atoms with Crippen molar-refractivity contribution in [2.24, 2.45) is 0 Å². The van der Waals surface area contributed by atoms with Crippen molar-refractivity contribution in [3.63, 3.8) is 0 Å². The zero-order chi connectivity index (χ0) is 17.4. The maximum atomic E-state index is 5.93. The predicted molar refractivity (Wildman–Crippen MR) is 110 cm³/mol. The van der Waals surface area contributed by atoms with E-state index < -0.39 is 0 Å². The Labute approximate surface area is 155 Å². The molecule has 5 rings (SSSR count). The molecule has 2 aliphatic rings. The number of fused-ring (bicyclic) bond motifs is 1. The molecule has 2 heterocycles. The summed E-state index contributed by atoms with van der Waals surface area (Å²) in [4.78, 5) is 0. The van der Waals surface area contributed by atoms with Gasteiger partial charge in [0.05, 0.1) is 13.2 Å². The lowest BCUT2D eigenvalue weighted by Crippen LogP contribution is -2.36. The SMILES string of the molecule is c1ccc(P2CCC3(CC2)OCCO3)c(-c2cccc3ccccc23)c1. The van der Waals surface area contributed by atoms with Crippen molar-refractivity contribution in [2.45, 2.75) is 18.6 Å². The van der Waals surface area contributed by atoms with Gasteiger partial charge in [-0.25, -0.2) is 0 Å². The molecule has 132 valence electrons. The second kappa shape index (κ2) is 6.78. The monoisotopic (exact) mass is 362 g/mol. The summed E-state index contributed by atoms with van der Waals surface area (Å²) >= 11 is 0. The van der Waals surface area contributed by atoms with E-state index in [1.54, 1.807) is 0 Å². The third-order valence-corrected chi connectivity index (χ3v) is 8.26. The number of ether oxygens (including phenoxy) is 2. The first-order valence-electron chi connectivity index (χ1n) is 9.45. The molecule has 0 aromatic heterocycles. The highest BCUT2D eigenvalue weighted by molar-refractivity contribution is 7.66. The molecule has 2 nitrogen and oxygen atoms in total. The zero-order valence-corrected chi connectivity index (χ0v) is 15.8. The summed E-state index contributed by atoms with van der Waals surface area (Å²) in [6, 6.07) is 24.3. The van der Waals surface area contributed by atoms with Crippen molar-refractivity contribution in [3.05, 3.63) is 66.7 Å². The van der Waals surface area contributed by atoms with E-state index in [0.29, 0.717) is 0 Å². The summed E-state index contributed by atoms with van der Waals surface area (Å²) in [5, 5.41) is 4.18. The van der Waals surface area contributed by atoms with Crippen LogP contribution >= 0.6 is 7.92 Å². The average Bonchev–Trinajstić information content (AvgIpc) is 3.16. The van der Waals surface area contributed by atoms with Crippen LogP contribution in [0.3, 0.4) is 0 Å². The standard InChI is InChI=1S/C23H23O2P/c1-2-8-19-18(6-1)7-5-10-20(19)21-9-3-4-11-22(21)26-16-12-23(13-17-26)24-14-15-25-23/h1-11H,12-17H2. The molecule has 0 amide bonds. The fourth-order valence-corrected chi connectivity index (χ4v) is 7.07. The van der Waals surface area contributed by atoms with Crippen molar-refractivity contribution >= 4 is 24.0 Å². The molecule has 2 fully saturated rings. The Balaban J connectivity index is 1.52. The third-order valence-electron chi connectivity index (χ3n) is 5.66. The summed E-state index contributed by atoms with van der Waals surface area (Å²) in [6.07, 6.45) is 4.44. The highest BCUT2D eigenvalue weighted by atomic mass is 31.1. The second-order valence-corrected chi connectivity index (χ2v) is 9.59. The van der Waals surface area contributed by atoms with Crippen molar-refractivity contribution in [2.75, 3.05) is 25.5 Å². The first-order chi connectivity index (χ1) is 12.8. The summed E-state index contributed by atoms with van der Waals surface area (Å²) in [6.45, 7) is 1.51. The Morgan fingerprint density at radius 3 is 2.19 bits per heavy atom. The topological polar surface area (TPSA) is 18.5 Å². The van der Waals surface area contributed by atoms with E-state index in [2.05, 4.69) is 66.7 Å². The highest BCUT2D eigenvalue weighted by Crippen LogP contribution is 2.48. The van der Waals surface area contributed by atoms with Crippen LogP contribution in [-0.2, 0) is 9.47 Å². The molecule has 0 radical (unpaired) electrons. The maximum absolute atomic E-state index is 5.93. The van der Waals surface area contributed by atoms with E-state index >= 15 is 0 Å². The Morgan fingerprint density at radius 2 is 1.35 bits per heavy atom. The van der Waals surface area contributed by atoms with Gasteiger partial charge in [0.1, 0.15) is 0 Å². The summed E-state index contributed by atoms with van der Waals surface area (Å²) in [7, 11) is -0.169. The molecule has 0 saturated carbocycles. The third kappa shape index (κ3) is 2.87. The lowest BCUT2D eigenvalue weighted by molar-refractivity contribution is -0.161. The van der Waals surface area contributed by atoms with Crippen LogP contribution in [-0.4, -0.2) is 31.3 Å². The fourth-order valence-electron chi connectivity index (χ4n) is 4.31. The lowest BCUT2D eigenvalue weighted by Gasteiger charge is -2.36. The van der Waals surface area contributed by atoms with Crippen molar-refractivity contribution < 1.29 is 9.47 Å². The van der Waals surface area contributed by atoms with E-state index in [1.165, 1.54) is 39.5 Å². The molecule has 0 bridgehead atoms. The van der Waals surface area contributed by atoms with Gasteiger partial charge in [-0.05, 0) is 39.5 Å². The molecule has 0 atom stereocenters. The average molecular weight is 362 g/mol. The molecule has 3 aromatic carbocycles. The normalized spacial score (nSPS) is 20.0. The van der Waals surface area contributed by atoms with Gasteiger partial charge in [0, 0.05) is 12.8 Å². The molecular formula is C23H23O2P. The minimum atomic E-state index is -0.271. The Hall–Kier alpha value is -1.73. The van der Waals surface area contributed by atoms with Gasteiger partial charge in [0.15, 0.2) is 5.79 Å². The predicted octanol–water partition coefficient (Wildman–Crippen LogP) is 5.15. The molecule has 0 N–H and O–H groups in total. The van der Waals surface area contributed by atoms with E-state index in [9.17, 15) is 0 Å². The highest BCUT2D eigenvalue weighted by Gasteiger charge is 2.40. The summed E-state index contributed by atoms with van der Waals surface area (Å²) in [5.74, 6) is -0.271. The minimum absolute atomic E-state index is 0.169. The molecule has 0 aliphatic carbocycles. The molecule has 3 heteroatoms. The van der Waals surface area contributed by atoms with Crippen LogP contribution in [0.4, 0.5) is 0 Å². The van der Waals surface area contributed by atoms with Crippen LogP contribution < -0.4 is 5.30 Å². The van der Waals surface area contributed by atoms with E-state index in [1.807, 2.05) is 0 Å². The van der Waals surface area contributed by atoms with Crippen molar-refractivity contribution in [1.29, 1.82) is 0 Å². The molecule has 0 unspecified atom stereocenters. The number of hydrogen-bond acceptors (Lipinski definition) is 2. The second-order valence-electron chi connectivity index (χ2n) is 7.14. The van der Waals surface area contributed by atoms with Crippen LogP contribution in [0.5, 0.6) is 0 Å². The van der Waals surface area contributed by atoms with Gasteiger partial charge in [-0.2, -0.15) is 0 Å². The quantitative estimate of drug-likeness (QED) is 0.587. The van der Waals surface area contributed by atoms with Crippen LogP contribution in [0.25, 0.3) is 21.9 Å². The molecule has 2 aliphatic heterocycles. The minimum Gasteiger partial charge on any atom is -0.348 e. The first-order valence-corrected chi connectivity index (χ1v) is 11.2. The smallest absolute Gasteiger partial charge is 0.169 e. The van der Waals surface area contributed by atoms with Crippen LogP contribution in [0.1, 0.15) is 12.8 Å². The van der Waals surface area contributed by atoms with E-state index in [0.717, 1.165) is 26.1 Å². The molecular weight excluding hydrogens is 339 g/mol. The number of rotatable bonds is 2. The molecule has 26 heavy (non-hydrogen) atoms. The van der Waals surface area contributed by atoms with Crippen molar-refractivity contribution in [1.82, 2.24) is 0 Å². The molecule has 1 spiro atoms. The molecule has 3 aromatic rings. The molecule has 2 saturated heterocycles. The maximum Gasteiger partial charge on any atom is 0.169 e. The van der Waals surface area contributed by atoms with Gasteiger partial charge < -0.3 is 9.47 Å². The van der Waals surface area contributed by atoms with E-state index in [-0.39, 0.29) is 13.7 Å².